The van der Waals surface area contributed by atoms with Gasteiger partial charge in [-0.2, -0.15) is 0 Å². The lowest BCUT2D eigenvalue weighted by Gasteiger charge is -2.29. The first kappa shape index (κ1) is 18.4. The van der Waals surface area contributed by atoms with Gasteiger partial charge < -0.3 is 9.88 Å². The molecule has 2 aliphatic rings. The van der Waals surface area contributed by atoms with Crippen LogP contribution in [0.4, 0.5) is 0 Å². The number of aromatic nitrogens is 1. The largest absolute Gasteiger partial charge is 0.350 e. The lowest BCUT2D eigenvalue weighted by molar-refractivity contribution is 0.244. The molecule has 1 fully saturated rings. The highest BCUT2D eigenvalue weighted by Gasteiger charge is 2.18. The summed E-state index contributed by atoms with van der Waals surface area (Å²) >= 11 is 5.56. The van der Waals surface area contributed by atoms with Crippen molar-refractivity contribution in [1.82, 2.24) is 14.8 Å². The number of allylic oxidation sites excluding steroid dienone is 1. The summed E-state index contributed by atoms with van der Waals surface area (Å²) in [4.78, 5) is 4.03. The lowest BCUT2D eigenvalue weighted by atomic mass is 10.1. The Bertz CT molecular complexity index is 831. The number of thioether (sulfide) groups is 1. The van der Waals surface area contributed by atoms with Crippen LogP contribution in [0.1, 0.15) is 18.4 Å². The highest BCUT2D eigenvalue weighted by atomic mass is 79.9. The molecule has 138 valence electrons. The zero-order chi connectivity index (χ0) is 17.9. The van der Waals surface area contributed by atoms with Gasteiger partial charge in [-0.3, -0.25) is 4.90 Å². The molecule has 0 spiro atoms. The van der Waals surface area contributed by atoms with Gasteiger partial charge in [0, 0.05) is 58.4 Å². The topological polar surface area (TPSA) is 20.2 Å². The summed E-state index contributed by atoms with van der Waals surface area (Å²) in [6, 6.07) is 7.12. The number of nitrogens with zero attached hydrogens (tertiary/aromatic N) is 2. The Morgan fingerprint density at radius 1 is 1.27 bits per heavy atom. The Labute approximate surface area is 168 Å². The summed E-state index contributed by atoms with van der Waals surface area (Å²) in [6.07, 6.45) is 11.8. The highest BCUT2D eigenvalue weighted by molar-refractivity contribution is 9.10. The Kier molecular flexibility index (Phi) is 5.89. The summed E-state index contributed by atoms with van der Waals surface area (Å²) in [6.45, 7) is 4.65. The second kappa shape index (κ2) is 8.34. The maximum Gasteiger partial charge on any atom is 0.0481 e. The second-order valence-electron chi connectivity index (χ2n) is 7.12. The number of benzene rings is 1. The molecule has 1 N–H and O–H groups in total. The Morgan fingerprint density at radius 3 is 3.04 bits per heavy atom. The highest BCUT2D eigenvalue weighted by Crippen LogP contribution is 2.32. The van der Waals surface area contributed by atoms with Crippen molar-refractivity contribution < 1.29 is 0 Å². The first-order valence-electron chi connectivity index (χ1n) is 9.40. The average molecular weight is 432 g/mol. The summed E-state index contributed by atoms with van der Waals surface area (Å²) < 4.78 is 3.38. The van der Waals surface area contributed by atoms with Crippen LogP contribution in [-0.4, -0.2) is 41.7 Å². The van der Waals surface area contributed by atoms with Crippen molar-refractivity contribution >= 4 is 38.6 Å². The second-order valence-corrected chi connectivity index (χ2v) is 9.09. The maximum absolute atomic E-state index is 3.61. The predicted molar refractivity (Wildman–Crippen MR) is 117 cm³/mol. The molecule has 2 aromatic rings. The number of rotatable bonds is 4. The number of hydrogen-bond acceptors (Lipinski definition) is 3. The van der Waals surface area contributed by atoms with Gasteiger partial charge in [0.15, 0.2) is 0 Å². The molecule has 1 aliphatic heterocycles. The average Bonchev–Trinajstić information content (AvgIpc) is 2.83. The molecule has 1 saturated heterocycles. The third kappa shape index (κ3) is 4.11. The van der Waals surface area contributed by atoms with Crippen molar-refractivity contribution in [2.45, 2.75) is 24.6 Å². The zero-order valence-electron chi connectivity index (χ0n) is 15.2. The fraction of sp³-hybridized carbons (Fsp3) is 0.429. The smallest absolute Gasteiger partial charge is 0.0481 e. The van der Waals surface area contributed by atoms with E-state index in [1.54, 1.807) is 0 Å². The number of halogens is 1. The van der Waals surface area contributed by atoms with Crippen LogP contribution in [0.25, 0.3) is 10.9 Å². The minimum absolute atomic E-state index is 0.577. The van der Waals surface area contributed by atoms with Gasteiger partial charge in [0.25, 0.3) is 0 Å². The molecule has 1 aliphatic carbocycles. The van der Waals surface area contributed by atoms with Crippen molar-refractivity contribution in [3.05, 3.63) is 57.6 Å². The Balaban J connectivity index is 1.39. The van der Waals surface area contributed by atoms with Crippen molar-refractivity contribution in [2.75, 3.05) is 26.2 Å². The predicted octanol–water partition coefficient (Wildman–Crippen LogP) is 4.68. The minimum atomic E-state index is 0.577. The molecule has 0 amide bonds. The van der Waals surface area contributed by atoms with E-state index in [0.29, 0.717) is 6.04 Å². The zero-order valence-corrected chi connectivity index (χ0v) is 17.7. The van der Waals surface area contributed by atoms with E-state index >= 15 is 0 Å². The fourth-order valence-corrected chi connectivity index (χ4v) is 5.19. The molecule has 1 unspecified atom stereocenters. The molecule has 2 heterocycles. The molecule has 1 atom stereocenters. The Hall–Kier alpha value is -1.01. The van der Waals surface area contributed by atoms with E-state index in [-0.39, 0.29) is 0 Å². The number of aryl methyl sites for hydroxylation is 1. The molecule has 5 heteroatoms. The van der Waals surface area contributed by atoms with E-state index in [1.165, 1.54) is 34.3 Å². The van der Waals surface area contributed by atoms with Crippen LogP contribution >= 0.6 is 27.7 Å². The van der Waals surface area contributed by atoms with Gasteiger partial charge in [0.1, 0.15) is 0 Å². The van der Waals surface area contributed by atoms with Gasteiger partial charge >= 0.3 is 0 Å². The van der Waals surface area contributed by atoms with Gasteiger partial charge in [-0.25, -0.2) is 0 Å². The first-order valence-corrected chi connectivity index (χ1v) is 11.2. The summed E-state index contributed by atoms with van der Waals surface area (Å²) in [7, 11) is 2.13. The van der Waals surface area contributed by atoms with Gasteiger partial charge in [0.05, 0.1) is 0 Å². The van der Waals surface area contributed by atoms with E-state index in [9.17, 15) is 0 Å². The molecule has 1 aromatic carbocycles. The molecule has 3 nitrogen and oxygen atoms in total. The van der Waals surface area contributed by atoms with Crippen LogP contribution in [0.15, 0.2) is 52.0 Å². The quantitative estimate of drug-likeness (QED) is 0.758. The van der Waals surface area contributed by atoms with Gasteiger partial charge in [-0.05, 0) is 49.7 Å². The van der Waals surface area contributed by atoms with E-state index in [1.807, 2.05) is 11.8 Å². The molecule has 0 radical (unpaired) electrons. The molecule has 1 aromatic heterocycles. The number of fused-ring (bicyclic) bond motifs is 1. The van der Waals surface area contributed by atoms with E-state index < -0.39 is 0 Å². The van der Waals surface area contributed by atoms with E-state index in [2.05, 4.69) is 80.4 Å². The number of hydrogen-bond donors (Lipinski definition) is 1. The summed E-state index contributed by atoms with van der Waals surface area (Å²) in [5.41, 5.74) is 2.70. The third-order valence-electron chi connectivity index (χ3n) is 5.32. The van der Waals surface area contributed by atoms with Crippen LogP contribution in [0, 0.1) is 0 Å². The van der Waals surface area contributed by atoms with Crippen molar-refractivity contribution in [3.8, 4) is 0 Å². The monoisotopic (exact) mass is 431 g/mol. The first-order chi connectivity index (χ1) is 12.7. The lowest BCUT2D eigenvalue weighted by Crippen LogP contribution is -2.37. The van der Waals surface area contributed by atoms with Crippen LogP contribution in [0.5, 0.6) is 0 Å². The van der Waals surface area contributed by atoms with Crippen LogP contribution in [-0.2, 0) is 12.8 Å². The SMILES string of the molecule is Cn1cc(CSC2=CCC(N3CCCNCC3)C=C2)c2cc(Br)ccc21. The third-order valence-corrected chi connectivity index (χ3v) is 6.90. The van der Waals surface area contributed by atoms with E-state index in [0.717, 1.165) is 36.3 Å². The number of nitrogens with one attached hydrogen (secondary N) is 1. The van der Waals surface area contributed by atoms with Crippen molar-refractivity contribution in [2.24, 2.45) is 7.05 Å². The van der Waals surface area contributed by atoms with Crippen molar-refractivity contribution in [1.29, 1.82) is 0 Å². The fourth-order valence-electron chi connectivity index (χ4n) is 3.89. The summed E-state index contributed by atoms with van der Waals surface area (Å²) in [5.74, 6) is 1.02. The van der Waals surface area contributed by atoms with Crippen LogP contribution in [0.2, 0.25) is 0 Å². The van der Waals surface area contributed by atoms with Crippen LogP contribution in [0.3, 0.4) is 0 Å². The van der Waals surface area contributed by atoms with E-state index in [4.69, 9.17) is 0 Å². The molecular formula is C21H26BrN3S. The molecule has 26 heavy (non-hydrogen) atoms. The molecule has 4 rings (SSSR count). The molecule has 0 bridgehead atoms. The van der Waals surface area contributed by atoms with Crippen molar-refractivity contribution in [3.63, 3.8) is 0 Å². The molecular weight excluding hydrogens is 406 g/mol. The minimum Gasteiger partial charge on any atom is -0.350 e. The van der Waals surface area contributed by atoms with Crippen LogP contribution < -0.4 is 5.32 Å². The molecule has 0 saturated carbocycles. The van der Waals surface area contributed by atoms with Gasteiger partial charge in [-0.1, -0.05) is 34.2 Å². The normalized spacial score (nSPS) is 21.8. The van der Waals surface area contributed by atoms with Gasteiger partial charge in [0.2, 0.25) is 0 Å². The maximum atomic E-state index is 3.61. The summed E-state index contributed by atoms with van der Waals surface area (Å²) in [5, 5.41) is 4.85. The van der Waals surface area contributed by atoms with Gasteiger partial charge in [-0.15, -0.1) is 11.8 Å². The Morgan fingerprint density at radius 2 is 2.19 bits per heavy atom. The standard InChI is InChI=1S/C21H26BrN3S/c1-24-14-16(20-13-17(22)3-8-21(20)24)15-26-19-6-4-18(5-7-19)25-11-2-9-23-10-12-25/h3-4,6-8,13-14,18,23H,2,5,9-12,15H2,1H3.